The van der Waals surface area contributed by atoms with E-state index in [2.05, 4.69) is 15.2 Å². The highest BCUT2D eigenvalue weighted by molar-refractivity contribution is 7.92. The number of halogens is 1. The van der Waals surface area contributed by atoms with Crippen LogP contribution < -0.4 is 14.9 Å². The van der Waals surface area contributed by atoms with Crippen LogP contribution in [0.15, 0.2) is 76.7 Å². The van der Waals surface area contributed by atoms with Crippen molar-refractivity contribution >= 4 is 44.9 Å². The highest BCUT2D eigenvalue weighted by Gasteiger charge is 2.21. The summed E-state index contributed by atoms with van der Waals surface area (Å²) < 4.78 is 33.1. The van der Waals surface area contributed by atoms with E-state index < -0.39 is 20.6 Å². The van der Waals surface area contributed by atoms with Crippen LogP contribution in [0.4, 0.5) is 17.1 Å². The van der Waals surface area contributed by atoms with E-state index in [9.17, 15) is 18.5 Å². The van der Waals surface area contributed by atoms with Gasteiger partial charge in [-0.3, -0.25) is 20.3 Å². The fraction of sp³-hybridized carbons (Fsp3) is 0.0952. The summed E-state index contributed by atoms with van der Waals surface area (Å²) in [6.45, 7) is 2.33. The lowest BCUT2D eigenvalue weighted by Gasteiger charge is -2.10. The van der Waals surface area contributed by atoms with Crippen LogP contribution >= 0.6 is 11.6 Å². The summed E-state index contributed by atoms with van der Waals surface area (Å²) in [7, 11) is -4.05. The maximum Gasteiger partial charge on any atom is 0.295 e. The molecule has 0 fully saturated rings. The van der Waals surface area contributed by atoms with Crippen LogP contribution in [0, 0.1) is 10.1 Å². The van der Waals surface area contributed by atoms with Crippen LogP contribution in [0.5, 0.6) is 5.75 Å². The third-order valence-corrected chi connectivity index (χ3v) is 5.81. The van der Waals surface area contributed by atoms with Crippen LogP contribution in [-0.4, -0.2) is 26.2 Å². The van der Waals surface area contributed by atoms with Gasteiger partial charge in [0.25, 0.3) is 15.7 Å². The van der Waals surface area contributed by atoms with Gasteiger partial charge in [0, 0.05) is 22.3 Å². The average Bonchev–Trinajstić information content (AvgIpc) is 2.76. The maximum absolute atomic E-state index is 12.6. The minimum atomic E-state index is -4.05. The molecule has 0 aliphatic rings. The summed E-state index contributed by atoms with van der Waals surface area (Å²) in [5.74, 6) is 0.616. The third-order valence-electron chi connectivity index (χ3n) is 4.18. The van der Waals surface area contributed by atoms with Gasteiger partial charge >= 0.3 is 0 Å². The van der Waals surface area contributed by atoms with Gasteiger partial charge in [-0.05, 0) is 55.5 Å². The second-order valence-electron chi connectivity index (χ2n) is 6.39. The fourth-order valence-corrected chi connectivity index (χ4v) is 3.91. The third kappa shape index (κ3) is 5.74. The Kier molecular flexibility index (Phi) is 7.29. The van der Waals surface area contributed by atoms with Crippen molar-refractivity contribution in [1.82, 2.24) is 0 Å². The smallest absolute Gasteiger partial charge is 0.295 e. The van der Waals surface area contributed by atoms with Gasteiger partial charge < -0.3 is 4.74 Å². The van der Waals surface area contributed by atoms with Crippen molar-refractivity contribution in [3.05, 3.63) is 87.4 Å². The molecule has 0 bridgehead atoms. The van der Waals surface area contributed by atoms with E-state index in [1.54, 1.807) is 18.2 Å². The Labute approximate surface area is 189 Å². The number of rotatable bonds is 9. The predicted octanol–water partition coefficient (Wildman–Crippen LogP) is 4.89. The number of hydrazone groups is 1. The van der Waals surface area contributed by atoms with Gasteiger partial charge in [-0.2, -0.15) is 5.10 Å². The molecule has 32 heavy (non-hydrogen) atoms. The largest absolute Gasteiger partial charge is 0.493 e. The number of ether oxygens (including phenoxy) is 1. The minimum Gasteiger partial charge on any atom is -0.493 e. The summed E-state index contributed by atoms with van der Waals surface area (Å²) in [5, 5.41) is 16.0. The number of para-hydroxylation sites is 1. The first-order valence-electron chi connectivity index (χ1n) is 9.38. The standard InChI is InChI=1S/C21H19ClN4O5S/c1-2-31-21-6-4-3-5-15(21)14-23-24-19-12-11-18(13-20(19)26(27)28)32(29,30)25-17-9-7-16(22)8-10-17/h3-14,24-25H,2H2,1H3/b23-14-. The summed E-state index contributed by atoms with van der Waals surface area (Å²) in [6, 6.07) is 16.7. The molecule has 0 radical (unpaired) electrons. The molecule has 3 aromatic rings. The molecule has 3 aromatic carbocycles. The first kappa shape index (κ1) is 23.0. The van der Waals surface area contributed by atoms with Crippen molar-refractivity contribution in [2.45, 2.75) is 11.8 Å². The Morgan fingerprint density at radius 1 is 1.12 bits per heavy atom. The number of anilines is 2. The van der Waals surface area contributed by atoms with Gasteiger partial charge in [-0.1, -0.05) is 23.7 Å². The van der Waals surface area contributed by atoms with Crippen molar-refractivity contribution in [3.8, 4) is 5.75 Å². The molecule has 0 aromatic heterocycles. The number of hydrogen-bond donors (Lipinski definition) is 2. The summed E-state index contributed by atoms with van der Waals surface area (Å²) in [4.78, 5) is 10.6. The Morgan fingerprint density at radius 2 is 1.84 bits per heavy atom. The van der Waals surface area contributed by atoms with Crippen molar-refractivity contribution in [3.63, 3.8) is 0 Å². The molecule has 2 N–H and O–H groups in total. The van der Waals surface area contributed by atoms with Gasteiger partial charge in [0.1, 0.15) is 11.4 Å². The zero-order valence-electron chi connectivity index (χ0n) is 16.9. The van der Waals surface area contributed by atoms with E-state index >= 15 is 0 Å². The average molecular weight is 475 g/mol. The number of nitrogens with one attached hydrogen (secondary N) is 2. The van der Waals surface area contributed by atoms with E-state index in [1.807, 2.05) is 13.0 Å². The Balaban J connectivity index is 1.83. The normalized spacial score (nSPS) is 11.3. The molecular weight excluding hydrogens is 456 g/mol. The minimum absolute atomic E-state index is 0.0329. The number of nitrogens with zero attached hydrogens (tertiary/aromatic N) is 2. The molecule has 0 amide bonds. The molecule has 0 saturated heterocycles. The lowest BCUT2D eigenvalue weighted by Crippen LogP contribution is -2.13. The van der Waals surface area contributed by atoms with E-state index in [1.165, 1.54) is 42.6 Å². The van der Waals surface area contributed by atoms with Gasteiger partial charge in [-0.25, -0.2) is 8.42 Å². The lowest BCUT2D eigenvalue weighted by molar-refractivity contribution is -0.384. The van der Waals surface area contributed by atoms with E-state index in [-0.39, 0.29) is 16.3 Å². The van der Waals surface area contributed by atoms with Crippen LogP contribution in [-0.2, 0) is 10.0 Å². The van der Waals surface area contributed by atoms with Crippen molar-refractivity contribution < 1.29 is 18.1 Å². The monoisotopic (exact) mass is 474 g/mol. The molecule has 0 aliphatic heterocycles. The lowest BCUT2D eigenvalue weighted by atomic mass is 10.2. The molecule has 0 spiro atoms. The number of benzene rings is 3. The van der Waals surface area contributed by atoms with Gasteiger partial charge in [-0.15, -0.1) is 0 Å². The first-order valence-corrected chi connectivity index (χ1v) is 11.2. The van der Waals surface area contributed by atoms with E-state index in [4.69, 9.17) is 16.3 Å². The molecule has 3 rings (SSSR count). The van der Waals surface area contributed by atoms with Gasteiger partial charge in [0.05, 0.1) is 22.6 Å². The summed E-state index contributed by atoms with van der Waals surface area (Å²) in [6.07, 6.45) is 1.46. The van der Waals surface area contributed by atoms with Gasteiger partial charge in [0.15, 0.2) is 0 Å². The number of nitro benzene ring substituents is 1. The zero-order chi connectivity index (χ0) is 23.1. The molecule has 0 unspecified atom stereocenters. The van der Waals surface area contributed by atoms with Crippen molar-refractivity contribution in [1.29, 1.82) is 0 Å². The van der Waals surface area contributed by atoms with E-state index in [0.717, 1.165) is 6.07 Å². The second kappa shape index (κ2) is 10.1. The molecule has 9 nitrogen and oxygen atoms in total. The molecule has 0 atom stereocenters. The van der Waals surface area contributed by atoms with Gasteiger partial charge in [0.2, 0.25) is 0 Å². The fourth-order valence-electron chi connectivity index (χ4n) is 2.70. The first-order chi connectivity index (χ1) is 15.3. The maximum atomic E-state index is 12.6. The second-order valence-corrected chi connectivity index (χ2v) is 8.51. The van der Waals surface area contributed by atoms with Crippen LogP contribution in [0.3, 0.4) is 0 Å². The van der Waals surface area contributed by atoms with Crippen LogP contribution in [0.2, 0.25) is 5.02 Å². The topological polar surface area (TPSA) is 123 Å². The van der Waals surface area contributed by atoms with Crippen molar-refractivity contribution in [2.75, 3.05) is 16.8 Å². The predicted molar refractivity (Wildman–Crippen MR) is 124 cm³/mol. The highest BCUT2D eigenvalue weighted by Crippen LogP contribution is 2.29. The molecule has 166 valence electrons. The highest BCUT2D eigenvalue weighted by atomic mass is 35.5. The molecule has 0 aliphatic carbocycles. The van der Waals surface area contributed by atoms with Crippen LogP contribution in [0.25, 0.3) is 0 Å². The molecule has 11 heteroatoms. The Hall–Kier alpha value is -3.63. The van der Waals surface area contributed by atoms with Crippen LogP contribution in [0.1, 0.15) is 12.5 Å². The quantitative estimate of drug-likeness (QED) is 0.258. The molecular formula is C21H19ClN4O5S. The Morgan fingerprint density at radius 3 is 2.53 bits per heavy atom. The zero-order valence-corrected chi connectivity index (χ0v) is 18.4. The SMILES string of the molecule is CCOc1ccccc1/C=N\Nc1ccc(S(=O)(=O)Nc2ccc(Cl)cc2)cc1[N+](=O)[O-]. The number of hydrogen-bond acceptors (Lipinski definition) is 7. The van der Waals surface area contributed by atoms with E-state index in [0.29, 0.717) is 22.9 Å². The molecule has 0 saturated carbocycles. The molecule has 0 heterocycles. The summed E-state index contributed by atoms with van der Waals surface area (Å²) >= 11 is 5.80. The number of sulfonamides is 1. The number of nitro groups is 1. The van der Waals surface area contributed by atoms with Crippen molar-refractivity contribution in [2.24, 2.45) is 5.10 Å². The summed E-state index contributed by atoms with van der Waals surface area (Å²) in [5.41, 5.74) is 3.13. The Bertz CT molecular complexity index is 1250.